The average Bonchev–Trinajstić information content (AvgIpc) is 2.88. The van der Waals surface area contributed by atoms with Crippen molar-refractivity contribution in [2.45, 2.75) is 38.8 Å². The van der Waals surface area contributed by atoms with Crippen molar-refractivity contribution in [3.8, 4) is 0 Å². The summed E-state index contributed by atoms with van der Waals surface area (Å²) in [4.78, 5) is 36.0. The van der Waals surface area contributed by atoms with Crippen molar-refractivity contribution >= 4 is 28.8 Å². The zero-order chi connectivity index (χ0) is 16.0. The Labute approximate surface area is 129 Å². The Morgan fingerprint density at radius 3 is 2.52 bits per heavy atom. The second-order valence-corrected chi connectivity index (χ2v) is 6.12. The molecule has 0 aromatic carbocycles. The first-order valence-electron chi connectivity index (χ1n) is 7.03. The molecule has 7 heteroatoms. The van der Waals surface area contributed by atoms with Gasteiger partial charge in [-0.05, 0) is 19.8 Å². The minimum Gasteiger partial charge on any atom is -0.469 e. The van der Waals surface area contributed by atoms with Crippen LogP contribution in [0.1, 0.15) is 26.7 Å². The molecule has 1 aliphatic rings. The molecule has 1 aliphatic heterocycles. The topological polar surface area (TPSA) is 81.7 Å². The minimum absolute atomic E-state index is 0.0207. The lowest BCUT2D eigenvalue weighted by molar-refractivity contribution is -0.156. The van der Waals surface area contributed by atoms with E-state index in [2.05, 4.69) is 5.32 Å². The number of esters is 1. The summed E-state index contributed by atoms with van der Waals surface area (Å²) in [5.74, 6) is -1.31. The number of rotatable bonds is 7. The van der Waals surface area contributed by atoms with Crippen LogP contribution in [-0.2, 0) is 23.9 Å². The highest BCUT2D eigenvalue weighted by Gasteiger charge is 2.39. The Morgan fingerprint density at radius 1 is 1.43 bits per heavy atom. The third-order valence-electron chi connectivity index (χ3n) is 3.81. The fourth-order valence-electron chi connectivity index (χ4n) is 2.47. The number of ether oxygens (including phenoxy) is 2. The maximum absolute atomic E-state index is 12.4. The lowest BCUT2D eigenvalue weighted by Crippen LogP contribution is -2.47. The maximum Gasteiger partial charge on any atom is 0.312 e. The lowest BCUT2D eigenvalue weighted by atomic mass is 9.85. The van der Waals surface area contributed by atoms with E-state index in [9.17, 15) is 14.4 Å². The molecule has 6 nitrogen and oxygen atoms in total. The van der Waals surface area contributed by atoms with E-state index in [0.29, 0.717) is 12.8 Å². The number of amides is 1. The highest BCUT2D eigenvalue weighted by Crippen LogP contribution is 2.25. The van der Waals surface area contributed by atoms with Crippen molar-refractivity contribution in [3.05, 3.63) is 0 Å². The summed E-state index contributed by atoms with van der Waals surface area (Å²) < 4.78 is 10.00. The van der Waals surface area contributed by atoms with Gasteiger partial charge in [-0.3, -0.25) is 14.4 Å². The van der Waals surface area contributed by atoms with Crippen LogP contribution in [0.25, 0.3) is 0 Å². The average molecular weight is 317 g/mol. The van der Waals surface area contributed by atoms with E-state index in [4.69, 9.17) is 9.47 Å². The molecule has 1 rings (SSSR count). The Hall–Kier alpha value is -1.08. The molecule has 0 aromatic rings. The predicted octanol–water partition coefficient (Wildman–Crippen LogP) is 0.985. The van der Waals surface area contributed by atoms with Gasteiger partial charge in [-0.2, -0.15) is 0 Å². The van der Waals surface area contributed by atoms with E-state index in [-0.39, 0.29) is 11.0 Å². The van der Waals surface area contributed by atoms with Crippen molar-refractivity contribution in [3.63, 3.8) is 0 Å². The fraction of sp³-hybridized carbons (Fsp3) is 0.786. The fourth-order valence-corrected chi connectivity index (χ4v) is 3.41. The molecule has 1 saturated heterocycles. The summed E-state index contributed by atoms with van der Waals surface area (Å²) in [6, 6.07) is -0.451. The van der Waals surface area contributed by atoms with Crippen LogP contribution in [0.4, 0.5) is 0 Å². The molecule has 1 amide bonds. The highest BCUT2D eigenvalue weighted by molar-refractivity contribution is 8.14. The van der Waals surface area contributed by atoms with Gasteiger partial charge in [0.15, 0.2) is 0 Å². The van der Waals surface area contributed by atoms with Gasteiger partial charge in [0, 0.05) is 12.9 Å². The first-order chi connectivity index (χ1) is 9.96. The van der Waals surface area contributed by atoms with Gasteiger partial charge in [-0.1, -0.05) is 18.7 Å². The van der Waals surface area contributed by atoms with Crippen LogP contribution in [0.15, 0.2) is 0 Å². The zero-order valence-corrected chi connectivity index (χ0v) is 13.7. The van der Waals surface area contributed by atoms with Crippen molar-refractivity contribution in [2.75, 3.05) is 20.0 Å². The second-order valence-electron chi connectivity index (χ2n) is 5.02. The normalized spacial score (nSPS) is 22.5. The smallest absolute Gasteiger partial charge is 0.312 e. The number of hydrogen-bond acceptors (Lipinski definition) is 6. The lowest BCUT2D eigenvalue weighted by Gasteiger charge is -2.28. The maximum atomic E-state index is 12.4. The largest absolute Gasteiger partial charge is 0.469 e. The minimum atomic E-state index is -0.686. The molecule has 4 atom stereocenters. The van der Waals surface area contributed by atoms with Gasteiger partial charge in [0.1, 0.15) is 0 Å². The number of carbonyl (C=O) groups is 3. The first-order valence-corrected chi connectivity index (χ1v) is 8.02. The Morgan fingerprint density at radius 2 is 2.10 bits per heavy atom. The summed E-state index contributed by atoms with van der Waals surface area (Å²) in [7, 11) is 2.78. The van der Waals surface area contributed by atoms with E-state index < -0.39 is 30.0 Å². The third-order valence-corrected chi connectivity index (χ3v) is 4.82. The molecule has 0 aliphatic carbocycles. The van der Waals surface area contributed by atoms with Crippen molar-refractivity contribution in [2.24, 2.45) is 11.8 Å². The zero-order valence-electron chi connectivity index (χ0n) is 12.9. The van der Waals surface area contributed by atoms with E-state index >= 15 is 0 Å². The summed E-state index contributed by atoms with van der Waals surface area (Å²) in [6.45, 7) is 3.56. The van der Waals surface area contributed by atoms with Crippen molar-refractivity contribution in [1.29, 1.82) is 0 Å². The molecule has 0 saturated carbocycles. The Bertz CT molecular complexity index is 401. The molecule has 1 N–H and O–H groups in total. The van der Waals surface area contributed by atoms with Crippen LogP contribution in [0.2, 0.25) is 0 Å². The summed E-state index contributed by atoms with van der Waals surface area (Å²) in [6.07, 6.45) is 0.656. The van der Waals surface area contributed by atoms with Gasteiger partial charge in [-0.15, -0.1) is 0 Å². The molecule has 0 spiro atoms. The molecule has 0 aromatic heterocycles. The third kappa shape index (κ3) is 4.44. The number of carbonyl (C=O) groups excluding carboxylic acids is 3. The van der Waals surface area contributed by atoms with Crippen LogP contribution >= 0.6 is 11.8 Å². The highest BCUT2D eigenvalue weighted by atomic mass is 32.2. The van der Waals surface area contributed by atoms with E-state index in [1.54, 1.807) is 6.92 Å². The monoisotopic (exact) mass is 317 g/mol. The molecule has 0 bridgehead atoms. The number of methoxy groups -OCH3 is 2. The van der Waals surface area contributed by atoms with Crippen LogP contribution in [0.3, 0.4) is 0 Å². The molecule has 1 heterocycles. The first kappa shape index (κ1) is 18.0. The molecular weight excluding hydrogens is 294 g/mol. The number of thioether (sulfide) groups is 1. The molecular formula is C14H23NO5S. The van der Waals surface area contributed by atoms with Gasteiger partial charge >= 0.3 is 5.97 Å². The van der Waals surface area contributed by atoms with Gasteiger partial charge < -0.3 is 14.8 Å². The van der Waals surface area contributed by atoms with E-state index in [1.165, 1.54) is 26.0 Å². The van der Waals surface area contributed by atoms with Gasteiger partial charge in [0.2, 0.25) is 11.0 Å². The SMILES string of the molecule is CCC(C(=O)NC1CCSC1=O)C(C(=O)OC)C(C)OC. The summed E-state index contributed by atoms with van der Waals surface area (Å²) >= 11 is 1.23. The summed E-state index contributed by atoms with van der Waals surface area (Å²) in [5.41, 5.74) is 0. The predicted molar refractivity (Wildman–Crippen MR) is 79.8 cm³/mol. The van der Waals surface area contributed by atoms with Gasteiger partial charge in [-0.25, -0.2) is 0 Å². The number of nitrogens with one attached hydrogen (secondary N) is 1. The number of hydrogen-bond donors (Lipinski definition) is 1. The molecule has 120 valence electrons. The van der Waals surface area contributed by atoms with Crippen LogP contribution in [-0.4, -0.2) is 49.1 Å². The van der Waals surface area contributed by atoms with E-state index in [0.717, 1.165) is 5.75 Å². The standard InChI is InChI=1S/C14H23NO5S/c1-5-9(11(8(2)19-3)13(17)20-4)12(16)15-10-6-7-21-14(10)18/h8-11H,5-7H2,1-4H3,(H,15,16). The van der Waals surface area contributed by atoms with Crippen LogP contribution < -0.4 is 5.32 Å². The van der Waals surface area contributed by atoms with Crippen LogP contribution in [0.5, 0.6) is 0 Å². The van der Waals surface area contributed by atoms with Crippen LogP contribution in [0, 0.1) is 11.8 Å². The summed E-state index contributed by atoms with van der Waals surface area (Å²) in [5, 5.41) is 2.72. The van der Waals surface area contributed by atoms with Gasteiger partial charge in [0.05, 0.1) is 31.1 Å². The molecule has 21 heavy (non-hydrogen) atoms. The molecule has 4 unspecified atom stereocenters. The quantitative estimate of drug-likeness (QED) is 0.705. The second kappa shape index (κ2) is 8.38. The van der Waals surface area contributed by atoms with Crippen molar-refractivity contribution in [1.82, 2.24) is 5.32 Å². The Balaban J connectivity index is 2.83. The molecule has 1 fully saturated rings. The van der Waals surface area contributed by atoms with Gasteiger partial charge in [0.25, 0.3) is 0 Å². The van der Waals surface area contributed by atoms with Crippen molar-refractivity contribution < 1.29 is 23.9 Å². The van der Waals surface area contributed by atoms with E-state index in [1.807, 2.05) is 6.92 Å². The molecule has 0 radical (unpaired) electrons. The Kier molecular flexibility index (Phi) is 7.17.